The van der Waals surface area contributed by atoms with E-state index in [2.05, 4.69) is 10.9 Å². The molecule has 0 aliphatic rings. The van der Waals surface area contributed by atoms with Gasteiger partial charge in [-0.25, -0.2) is 5.43 Å². The van der Waals surface area contributed by atoms with Crippen LogP contribution in [0.5, 0.6) is 0 Å². The molecule has 0 aliphatic heterocycles. The summed E-state index contributed by atoms with van der Waals surface area (Å²) >= 11 is 0. The van der Waals surface area contributed by atoms with Crippen LogP contribution < -0.4 is 10.9 Å². The molecule has 0 radical (unpaired) electrons. The maximum absolute atomic E-state index is 9.63. The summed E-state index contributed by atoms with van der Waals surface area (Å²) in [6.45, 7) is 9.92. The maximum atomic E-state index is 9.63. The molecule has 0 aromatic rings. The first-order valence-corrected chi connectivity index (χ1v) is 5.28. The van der Waals surface area contributed by atoms with Crippen LogP contribution in [0, 0.1) is 5.41 Å². The van der Waals surface area contributed by atoms with E-state index in [0.29, 0.717) is 0 Å². The van der Waals surface area contributed by atoms with Crippen LogP contribution in [-0.2, 0) is 0 Å². The van der Waals surface area contributed by atoms with Gasteiger partial charge in [0.05, 0.1) is 6.10 Å². The molecule has 88 valence electrons. The smallest absolute Gasteiger partial charge is 0.0600 e. The molecule has 0 fully saturated rings. The highest BCUT2D eigenvalue weighted by Gasteiger charge is 2.25. The number of hydrogen-bond acceptors (Lipinski definition) is 3. The molecule has 0 saturated carbocycles. The first-order valence-electron chi connectivity index (χ1n) is 5.28. The van der Waals surface area contributed by atoms with Gasteiger partial charge >= 0.3 is 0 Å². The number of hydrazine groups is 1. The van der Waals surface area contributed by atoms with Crippen LogP contribution in [0.3, 0.4) is 0 Å². The lowest BCUT2D eigenvalue weighted by Gasteiger charge is -2.29. The van der Waals surface area contributed by atoms with Crippen molar-refractivity contribution in [3.8, 4) is 0 Å². The molecule has 0 unspecified atom stereocenters. The molecular formula is C12H24N2O. The highest BCUT2D eigenvalue weighted by Crippen LogP contribution is 2.29. The zero-order chi connectivity index (χ0) is 12.1. The van der Waals surface area contributed by atoms with Crippen molar-refractivity contribution in [3.63, 3.8) is 0 Å². The Bertz CT molecular complexity index is 252. The van der Waals surface area contributed by atoms with Crippen molar-refractivity contribution in [2.75, 3.05) is 7.05 Å². The van der Waals surface area contributed by atoms with Gasteiger partial charge in [0.2, 0.25) is 0 Å². The van der Waals surface area contributed by atoms with Gasteiger partial charge in [0.15, 0.2) is 0 Å². The molecule has 0 aliphatic carbocycles. The fraction of sp³-hybridized carbons (Fsp3) is 0.667. The Kier molecular flexibility index (Phi) is 5.61. The SMILES string of the molecule is CNN/C(C)=C/C=C(\C)C(C)(C)[C@@H](C)O. The summed E-state index contributed by atoms with van der Waals surface area (Å²) in [7, 11) is 1.83. The van der Waals surface area contributed by atoms with E-state index in [-0.39, 0.29) is 11.5 Å². The normalized spacial score (nSPS) is 16.5. The number of aliphatic hydroxyl groups is 1. The van der Waals surface area contributed by atoms with Crippen molar-refractivity contribution in [1.29, 1.82) is 0 Å². The lowest BCUT2D eigenvalue weighted by Crippen LogP contribution is -2.27. The molecule has 0 aromatic carbocycles. The third-order valence-corrected chi connectivity index (χ3v) is 2.97. The molecule has 3 N–H and O–H groups in total. The van der Waals surface area contributed by atoms with Crippen molar-refractivity contribution in [1.82, 2.24) is 10.9 Å². The molecule has 0 spiro atoms. The Hall–Kier alpha value is -0.800. The maximum Gasteiger partial charge on any atom is 0.0600 e. The largest absolute Gasteiger partial charge is 0.393 e. The fourth-order valence-electron chi connectivity index (χ4n) is 1.03. The topological polar surface area (TPSA) is 44.3 Å². The molecule has 0 amide bonds. The standard InChI is InChI=1S/C12H24N2O/c1-9(12(4,5)11(3)15)7-8-10(2)14-13-6/h7-8,11,13-15H,1-6H3/b9-7+,10-8+/t11-/m1/s1. The zero-order valence-corrected chi connectivity index (χ0v) is 10.7. The molecule has 3 nitrogen and oxygen atoms in total. The van der Waals surface area contributed by atoms with Gasteiger partial charge in [-0.3, -0.25) is 0 Å². The zero-order valence-electron chi connectivity index (χ0n) is 10.7. The molecule has 1 atom stereocenters. The number of nitrogens with one attached hydrogen (secondary N) is 2. The second-order valence-electron chi connectivity index (χ2n) is 4.47. The van der Waals surface area contributed by atoms with Crippen LogP contribution in [-0.4, -0.2) is 18.3 Å². The van der Waals surface area contributed by atoms with Crippen LogP contribution in [0.4, 0.5) is 0 Å². The molecule has 0 rings (SSSR count). The van der Waals surface area contributed by atoms with E-state index >= 15 is 0 Å². The molecular weight excluding hydrogens is 188 g/mol. The first-order chi connectivity index (χ1) is 6.82. The minimum atomic E-state index is -0.347. The monoisotopic (exact) mass is 212 g/mol. The van der Waals surface area contributed by atoms with E-state index in [1.165, 1.54) is 0 Å². The van der Waals surface area contributed by atoms with Crippen molar-refractivity contribution in [2.24, 2.45) is 5.41 Å². The Morgan fingerprint density at radius 3 is 2.20 bits per heavy atom. The number of hydrogen-bond donors (Lipinski definition) is 3. The lowest BCUT2D eigenvalue weighted by atomic mass is 9.80. The lowest BCUT2D eigenvalue weighted by molar-refractivity contribution is 0.0918. The Morgan fingerprint density at radius 1 is 1.27 bits per heavy atom. The fourth-order valence-corrected chi connectivity index (χ4v) is 1.03. The number of allylic oxidation sites excluding steroid dienone is 3. The summed E-state index contributed by atoms with van der Waals surface area (Å²) in [5, 5.41) is 9.63. The summed E-state index contributed by atoms with van der Waals surface area (Å²) in [6.07, 6.45) is 3.68. The van der Waals surface area contributed by atoms with Gasteiger partial charge in [0.1, 0.15) is 0 Å². The van der Waals surface area contributed by atoms with Crippen LogP contribution >= 0.6 is 0 Å². The van der Waals surface area contributed by atoms with Gasteiger partial charge in [0, 0.05) is 18.2 Å². The molecule has 0 saturated heterocycles. The molecule has 0 aromatic heterocycles. The van der Waals surface area contributed by atoms with Gasteiger partial charge in [-0.15, -0.1) is 0 Å². The van der Waals surface area contributed by atoms with Gasteiger partial charge in [0.25, 0.3) is 0 Å². The molecule has 0 bridgehead atoms. The van der Waals surface area contributed by atoms with E-state index in [1.807, 2.05) is 53.8 Å². The van der Waals surface area contributed by atoms with Crippen molar-refractivity contribution in [3.05, 3.63) is 23.4 Å². The van der Waals surface area contributed by atoms with Crippen molar-refractivity contribution < 1.29 is 5.11 Å². The molecule has 3 heteroatoms. The minimum absolute atomic E-state index is 0.184. The van der Waals surface area contributed by atoms with Crippen molar-refractivity contribution in [2.45, 2.75) is 40.7 Å². The summed E-state index contributed by atoms with van der Waals surface area (Å²) in [4.78, 5) is 0. The Morgan fingerprint density at radius 2 is 1.80 bits per heavy atom. The number of aliphatic hydroxyl groups excluding tert-OH is 1. The van der Waals surface area contributed by atoms with E-state index < -0.39 is 0 Å². The van der Waals surface area contributed by atoms with E-state index in [1.54, 1.807) is 0 Å². The van der Waals surface area contributed by atoms with Crippen LogP contribution in [0.15, 0.2) is 23.4 Å². The Labute approximate surface area is 93.2 Å². The highest BCUT2D eigenvalue weighted by atomic mass is 16.3. The predicted octanol–water partition coefficient (Wildman–Crippen LogP) is 1.97. The van der Waals surface area contributed by atoms with E-state index in [4.69, 9.17) is 0 Å². The first kappa shape index (κ1) is 14.2. The second kappa shape index (κ2) is 5.93. The quantitative estimate of drug-likeness (QED) is 0.482. The summed E-state index contributed by atoms with van der Waals surface area (Å²) in [5.74, 6) is 0. The summed E-state index contributed by atoms with van der Waals surface area (Å²) in [5.41, 5.74) is 7.86. The van der Waals surface area contributed by atoms with Gasteiger partial charge in [-0.05, 0) is 26.8 Å². The van der Waals surface area contributed by atoms with Gasteiger partial charge < -0.3 is 10.5 Å². The minimum Gasteiger partial charge on any atom is -0.393 e. The van der Waals surface area contributed by atoms with Gasteiger partial charge in [-0.1, -0.05) is 25.5 Å². The third-order valence-electron chi connectivity index (χ3n) is 2.97. The van der Waals surface area contributed by atoms with E-state index in [9.17, 15) is 5.11 Å². The Balaban J connectivity index is 4.63. The molecule has 0 heterocycles. The number of rotatable bonds is 5. The van der Waals surface area contributed by atoms with Crippen molar-refractivity contribution >= 4 is 0 Å². The predicted molar refractivity (Wildman–Crippen MR) is 65.2 cm³/mol. The average molecular weight is 212 g/mol. The van der Waals surface area contributed by atoms with E-state index in [0.717, 1.165) is 11.3 Å². The average Bonchev–Trinajstić information content (AvgIpc) is 2.14. The van der Waals surface area contributed by atoms with Crippen LogP contribution in [0.25, 0.3) is 0 Å². The summed E-state index contributed by atoms with van der Waals surface area (Å²) < 4.78 is 0. The van der Waals surface area contributed by atoms with Crippen LogP contribution in [0.2, 0.25) is 0 Å². The molecule has 15 heavy (non-hydrogen) atoms. The highest BCUT2D eigenvalue weighted by molar-refractivity contribution is 5.20. The summed E-state index contributed by atoms with van der Waals surface area (Å²) in [6, 6.07) is 0. The third kappa shape index (κ3) is 4.49. The second-order valence-corrected chi connectivity index (χ2v) is 4.47. The van der Waals surface area contributed by atoms with Gasteiger partial charge in [-0.2, -0.15) is 0 Å². The van der Waals surface area contributed by atoms with Crippen LogP contribution in [0.1, 0.15) is 34.6 Å².